The Balaban J connectivity index is 1.49. The van der Waals surface area contributed by atoms with Crippen molar-refractivity contribution in [2.75, 3.05) is 12.4 Å². The van der Waals surface area contributed by atoms with Gasteiger partial charge in [0.15, 0.2) is 23.2 Å². The summed E-state index contributed by atoms with van der Waals surface area (Å²) in [7, 11) is 1.47. The molecule has 9 nitrogen and oxygen atoms in total. The summed E-state index contributed by atoms with van der Waals surface area (Å²) in [4.78, 5) is 13.9. The van der Waals surface area contributed by atoms with E-state index in [0.717, 1.165) is 24.2 Å². The van der Waals surface area contributed by atoms with E-state index in [9.17, 15) is 10.2 Å². The van der Waals surface area contributed by atoms with E-state index in [1.54, 1.807) is 10.9 Å². The van der Waals surface area contributed by atoms with E-state index in [1.807, 2.05) is 30.3 Å². The molecular formula is C21H24N5O4. The Hall–Kier alpha value is -2.59. The van der Waals surface area contributed by atoms with Crippen molar-refractivity contribution in [3.63, 3.8) is 0 Å². The average molecular weight is 410 g/mol. The molecule has 9 heteroatoms. The van der Waals surface area contributed by atoms with Crippen molar-refractivity contribution < 1.29 is 19.7 Å². The summed E-state index contributed by atoms with van der Waals surface area (Å²) in [6, 6.07) is 10.1. The second-order valence-electron chi connectivity index (χ2n) is 7.71. The minimum absolute atomic E-state index is 0.338. The Bertz CT molecular complexity index is 1020. The van der Waals surface area contributed by atoms with Crippen LogP contribution in [-0.4, -0.2) is 55.2 Å². The van der Waals surface area contributed by atoms with Gasteiger partial charge < -0.3 is 25.0 Å². The summed E-state index contributed by atoms with van der Waals surface area (Å²) in [5, 5.41) is 24.2. The van der Waals surface area contributed by atoms with Gasteiger partial charge in [-0.25, -0.2) is 15.0 Å². The first-order valence-corrected chi connectivity index (χ1v) is 10.1. The Morgan fingerprint density at radius 1 is 1.20 bits per heavy atom. The Labute approximate surface area is 173 Å². The summed E-state index contributed by atoms with van der Waals surface area (Å²) < 4.78 is 12.5. The normalized spacial score (nSPS) is 26.4. The topological polar surface area (TPSA) is 115 Å². The fourth-order valence-corrected chi connectivity index (χ4v) is 3.71. The Morgan fingerprint density at radius 3 is 2.73 bits per heavy atom. The summed E-state index contributed by atoms with van der Waals surface area (Å²) >= 11 is 0. The van der Waals surface area contributed by atoms with E-state index >= 15 is 0 Å². The van der Waals surface area contributed by atoms with E-state index in [1.165, 1.54) is 13.7 Å². The van der Waals surface area contributed by atoms with Gasteiger partial charge >= 0.3 is 0 Å². The molecule has 3 N–H and O–H groups in total. The highest BCUT2D eigenvalue weighted by Crippen LogP contribution is 2.40. The molecule has 3 aromatic rings. The Kier molecular flexibility index (Phi) is 5.11. The van der Waals surface area contributed by atoms with Gasteiger partial charge in [0.2, 0.25) is 0 Å². The largest absolute Gasteiger partial charge is 0.387 e. The van der Waals surface area contributed by atoms with E-state index in [-0.39, 0.29) is 0 Å². The number of aliphatic hydroxyl groups is 2. The van der Waals surface area contributed by atoms with Gasteiger partial charge in [0.25, 0.3) is 0 Å². The predicted molar refractivity (Wildman–Crippen MR) is 108 cm³/mol. The molecule has 1 aliphatic heterocycles. The summed E-state index contributed by atoms with van der Waals surface area (Å²) in [5.41, 5.74) is 2.30. The monoisotopic (exact) mass is 410 g/mol. The molecule has 30 heavy (non-hydrogen) atoms. The second kappa shape index (κ2) is 7.92. The number of aromatic nitrogens is 4. The number of anilines is 1. The van der Waals surface area contributed by atoms with Crippen molar-refractivity contribution in [3.05, 3.63) is 54.7 Å². The molecule has 0 unspecified atom stereocenters. The number of nitrogens with zero attached hydrogens (tertiary/aromatic N) is 4. The van der Waals surface area contributed by atoms with E-state index in [4.69, 9.17) is 19.4 Å². The van der Waals surface area contributed by atoms with Gasteiger partial charge in [-0.1, -0.05) is 30.3 Å². The molecule has 0 spiro atoms. The minimum Gasteiger partial charge on any atom is -0.387 e. The maximum absolute atomic E-state index is 10.5. The van der Waals surface area contributed by atoms with Crippen molar-refractivity contribution in [2.24, 2.45) is 0 Å². The maximum atomic E-state index is 10.5. The van der Waals surface area contributed by atoms with Crippen LogP contribution in [0.4, 0.5) is 5.82 Å². The van der Waals surface area contributed by atoms with Crippen molar-refractivity contribution in [1.82, 2.24) is 19.5 Å². The van der Waals surface area contributed by atoms with Crippen molar-refractivity contribution >= 4 is 17.0 Å². The number of methoxy groups -OCH3 is 1. The van der Waals surface area contributed by atoms with Crippen LogP contribution in [0.1, 0.15) is 36.4 Å². The molecule has 2 fully saturated rings. The molecule has 0 bridgehead atoms. The highest BCUT2D eigenvalue weighted by Gasteiger charge is 2.44. The van der Waals surface area contributed by atoms with Crippen LogP contribution in [-0.2, 0) is 16.0 Å². The van der Waals surface area contributed by atoms with E-state index in [2.05, 4.69) is 10.3 Å². The lowest BCUT2D eigenvalue weighted by Crippen LogP contribution is -2.32. The van der Waals surface area contributed by atoms with Crippen LogP contribution in [0.3, 0.4) is 0 Å². The number of nitrogens with one attached hydrogen (secondary N) is 1. The number of rotatable bonds is 7. The highest BCUT2D eigenvalue weighted by atomic mass is 16.6. The van der Waals surface area contributed by atoms with Gasteiger partial charge in [0, 0.05) is 19.6 Å². The third-order valence-electron chi connectivity index (χ3n) is 5.50. The van der Waals surface area contributed by atoms with Gasteiger partial charge in [0.05, 0.1) is 6.33 Å². The van der Waals surface area contributed by atoms with Crippen LogP contribution in [0.15, 0.2) is 36.7 Å². The molecule has 5 rings (SSSR count). The molecule has 1 radical (unpaired) electrons. The minimum atomic E-state index is -1.14. The molecule has 4 atom stereocenters. The molecule has 0 amide bonds. The first kappa shape index (κ1) is 19.4. The fraction of sp³-hybridized carbons (Fsp3) is 0.429. The zero-order valence-electron chi connectivity index (χ0n) is 16.5. The maximum Gasteiger partial charge on any atom is 0.168 e. The molecular weight excluding hydrogens is 386 g/mol. The number of hydrogen-bond donors (Lipinski definition) is 3. The fourth-order valence-electron chi connectivity index (χ4n) is 3.71. The van der Waals surface area contributed by atoms with Crippen molar-refractivity contribution in [1.29, 1.82) is 0 Å². The molecule has 1 saturated carbocycles. The van der Waals surface area contributed by atoms with E-state index < -0.39 is 24.5 Å². The molecule has 1 saturated heterocycles. The van der Waals surface area contributed by atoms with Crippen LogP contribution in [0, 0.1) is 6.61 Å². The van der Waals surface area contributed by atoms with Gasteiger partial charge in [-0.15, -0.1) is 0 Å². The molecule has 157 valence electrons. The number of hydrogen-bond acceptors (Lipinski definition) is 8. The van der Waals surface area contributed by atoms with Crippen LogP contribution < -0.4 is 5.32 Å². The number of imidazole rings is 1. The van der Waals surface area contributed by atoms with Crippen LogP contribution in [0.25, 0.3) is 11.2 Å². The quantitative estimate of drug-likeness (QED) is 0.540. The first-order chi connectivity index (χ1) is 14.7. The lowest BCUT2D eigenvalue weighted by atomic mass is 10.1. The Morgan fingerprint density at radius 2 is 2.00 bits per heavy atom. The molecule has 1 aromatic carbocycles. The molecule has 2 aromatic heterocycles. The number of ether oxygens (including phenoxy) is 2. The highest BCUT2D eigenvalue weighted by molar-refractivity contribution is 5.83. The first-order valence-electron chi connectivity index (χ1n) is 10.1. The van der Waals surface area contributed by atoms with Crippen molar-refractivity contribution in [3.8, 4) is 0 Å². The third-order valence-corrected chi connectivity index (χ3v) is 5.50. The molecule has 1 aliphatic carbocycles. The second-order valence-corrected chi connectivity index (χ2v) is 7.71. The molecule has 2 aliphatic rings. The zero-order valence-corrected chi connectivity index (χ0v) is 16.5. The summed E-state index contributed by atoms with van der Waals surface area (Å²) in [6.07, 6.45) is -0.127. The smallest absolute Gasteiger partial charge is 0.168 e. The predicted octanol–water partition coefficient (Wildman–Crippen LogP) is 1.74. The van der Waals surface area contributed by atoms with Crippen LogP contribution >= 0.6 is 0 Å². The van der Waals surface area contributed by atoms with Crippen LogP contribution in [0.5, 0.6) is 0 Å². The van der Waals surface area contributed by atoms with Gasteiger partial charge in [-0.3, -0.25) is 4.57 Å². The summed E-state index contributed by atoms with van der Waals surface area (Å²) in [5.74, 6) is 1.75. The van der Waals surface area contributed by atoms with Gasteiger partial charge in [0.1, 0.15) is 30.7 Å². The average Bonchev–Trinajstić information content (AvgIpc) is 3.48. The van der Waals surface area contributed by atoms with E-state index in [0.29, 0.717) is 29.4 Å². The van der Waals surface area contributed by atoms with Crippen molar-refractivity contribution in [2.45, 2.75) is 49.8 Å². The lowest BCUT2D eigenvalue weighted by Gasteiger charge is -2.17. The van der Waals surface area contributed by atoms with Gasteiger partial charge in [-0.05, 0) is 18.4 Å². The zero-order chi connectivity index (χ0) is 20.7. The number of aliphatic hydroxyl groups excluding tert-OH is 2. The third kappa shape index (κ3) is 3.54. The molecule has 3 heterocycles. The summed E-state index contributed by atoms with van der Waals surface area (Å²) in [6.45, 7) is 1.97. The van der Waals surface area contributed by atoms with Crippen LogP contribution in [0.2, 0.25) is 0 Å². The SMILES string of the molecule is CO[CH][C@H]1O[C@@H](n2cnc3c(NCc4ccccc4)nc(C4CC4)nc32)[C@H](O)[C@@H]1O. The number of fused-ring (bicyclic) bond motifs is 1. The van der Waals surface area contributed by atoms with Gasteiger partial charge in [-0.2, -0.15) is 0 Å². The lowest BCUT2D eigenvalue weighted by molar-refractivity contribution is -0.0393. The standard InChI is InChI=1S/C21H24N5O4/c1-29-10-14-16(27)17(28)21(30-14)26-11-23-15-19(22-9-12-5-3-2-4-6-12)24-18(13-7-8-13)25-20(15)26/h2-6,10-11,13-14,16-17,21,27-28H,7-9H2,1H3,(H,22,24,25)/t14-,16-,17-,21-/m1/s1. The number of benzene rings is 1.